The van der Waals surface area contributed by atoms with Crippen LogP contribution in [0, 0.1) is 10.1 Å². The highest BCUT2D eigenvalue weighted by atomic mass is 79.9. The number of nitro benzene ring substituents is 1. The number of aromatic nitrogens is 2. The topological polar surface area (TPSA) is 121 Å². The third kappa shape index (κ3) is 2.80. The molecule has 0 saturated heterocycles. The summed E-state index contributed by atoms with van der Waals surface area (Å²) in [6.07, 6.45) is 0. The number of carbonyl (C=O) groups is 1. The van der Waals surface area contributed by atoms with Gasteiger partial charge in [0.2, 0.25) is 0 Å². The highest BCUT2D eigenvalue weighted by molar-refractivity contribution is 9.13. The maximum absolute atomic E-state index is 11.9. The number of phenolic OH excluding ortho intramolecular Hbond substituents is 1. The van der Waals surface area contributed by atoms with E-state index < -0.39 is 16.6 Å². The number of hydrogen-bond donors (Lipinski definition) is 3. The molecule has 0 unspecified atom stereocenters. The van der Waals surface area contributed by atoms with Crippen molar-refractivity contribution in [3.05, 3.63) is 43.1 Å². The molecule has 1 aromatic carbocycles. The minimum absolute atomic E-state index is 0.0478. The van der Waals surface area contributed by atoms with Crippen LogP contribution in [0.1, 0.15) is 10.5 Å². The number of halogens is 2. The fourth-order valence-corrected chi connectivity index (χ4v) is 2.01. The number of phenols is 1. The Labute approximate surface area is 128 Å². The molecule has 3 N–H and O–H groups in total. The molecule has 0 radical (unpaired) electrons. The summed E-state index contributed by atoms with van der Waals surface area (Å²) >= 11 is 6.30. The van der Waals surface area contributed by atoms with Crippen LogP contribution in [0.5, 0.6) is 5.75 Å². The van der Waals surface area contributed by atoms with Crippen LogP contribution in [0.4, 0.5) is 11.4 Å². The molecule has 0 aliphatic carbocycles. The second-order valence-electron chi connectivity index (χ2n) is 3.61. The number of rotatable bonds is 3. The molecule has 0 atom stereocenters. The maximum Gasteiger partial charge on any atom is 0.277 e. The number of H-pyrrole nitrogens is 1. The van der Waals surface area contributed by atoms with Crippen LogP contribution >= 0.6 is 31.9 Å². The van der Waals surface area contributed by atoms with Crippen molar-refractivity contribution in [1.29, 1.82) is 0 Å². The van der Waals surface area contributed by atoms with Crippen LogP contribution in [-0.4, -0.2) is 26.1 Å². The predicted molar refractivity (Wildman–Crippen MR) is 76.7 cm³/mol. The molecule has 0 spiro atoms. The molecule has 1 aromatic heterocycles. The lowest BCUT2D eigenvalue weighted by atomic mass is 10.2. The fourth-order valence-electron chi connectivity index (χ4n) is 1.38. The van der Waals surface area contributed by atoms with Gasteiger partial charge in [0, 0.05) is 6.07 Å². The van der Waals surface area contributed by atoms with Crippen molar-refractivity contribution in [1.82, 2.24) is 10.2 Å². The van der Waals surface area contributed by atoms with Crippen LogP contribution in [-0.2, 0) is 0 Å². The normalized spacial score (nSPS) is 10.3. The van der Waals surface area contributed by atoms with Gasteiger partial charge in [0.15, 0.2) is 5.69 Å². The SMILES string of the molecule is O=C(Nc1ccc([N+](=O)[O-])cc1O)c1n[nH]c(Br)c1Br. The van der Waals surface area contributed by atoms with E-state index >= 15 is 0 Å². The molecule has 8 nitrogen and oxygen atoms in total. The van der Waals surface area contributed by atoms with Gasteiger partial charge in [0.25, 0.3) is 11.6 Å². The van der Waals surface area contributed by atoms with Gasteiger partial charge in [-0.2, -0.15) is 5.10 Å². The van der Waals surface area contributed by atoms with Crippen molar-refractivity contribution in [3.63, 3.8) is 0 Å². The number of nitrogens with zero attached hydrogens (tertiary/aromatic N) is 2. The Hall–Kier alpha value is -1.94. The third-order valence-corrected chi connectivity index (χ3v) is 4.20. The Kier molecular flexibility index (Phi) is 4.04. The molecule has 10 heteroatoms. The van der Waals surface area contributed by atoms with Gasteiger partial charge < -0.3 is 10.4 Å². The molecule has 0 aliphatic heterocycles. The van der Waals surface area contributed by atoms with Gasteiger partial charge in [-0.3, -0.25) is 20.0 Å². The predicted octanol–water partition coefficient (Wildman–Crippen LogP) is 2.80. The molecule has 1 amide bonds. The van der Waals surface area contributed by atoms with Gasteiger partial charge >= 0.3 is 0 Å². The first-order chi connectivity index (χ1) is 9.40. The zero-order valence-electron chi connectivity index (χ0n) is 9.55. The Morgan fingerprint density at radius 2 is 2.15 bits per heavy atom. The smallest absolute Gasteiger partial charge is 0.277 e. The van der Waals surface area contributed by atoms with Gasteiger partial charge in [-0.1, -0.05) is 0 Å². The van der Waals surface area contributed by atoms with Gasteiger partial charge in [-0.15, -0.1) is 0 Å². The molecule has 0 bridgehead atoms. The van der Waals surface area contributed by atoms with E-state index in [4.69, 9.17) is 0 Å². The van der Waals surface area contributed by atoms with Crippen LogP contribution in [0.3, 0.4) is 0 Å². The molecule has 2 aromatic rings. The second-order valence-corrected chi connectivity index (χ2v) is 5.20. The van der Waals surface area contributed by atoms with E-state index in [2.05, 4.69) is 47.4 Å². The molecular formula is C10H6Br2N4O4. The van der Waals surface area contributed by atoms with Crippen molar-refractivity contribution >= 4 is 49.1 Å². The third-order valence-electron chi connectivity index (χ3n) is 2.32. The van der Waals surface area contributed by atoms with Gasteiger partial charge in [-0.25, -0.2) is 0 Å². The summed E-state index contributed by atoms with van der Waals surface area (Å²) in [5.41, 5.74) is -0.148. The lowest BCUT2D eigenvalue weighted by Gasteiger charge is -2.05. The fraction of sp³-hybridized carbons (Fsp3) is 0. The molecule has 1 heterocycles. The van der Waals surface area contributed by atoms with Crippen molar-refractivity contribution < 1.29 is 14.8 Å². The first kappa shape index (κ1) is 14.5. The lowest BCUT2D eigenvalue weighted by Crippen LogP contribution is -2.13. The largest absolute Gasteiger partial charge is 0.506 e. The summed E-state index contributed by atoms with van der Waals surface area (Å²) in [6.45, 7) is 0. The van der Waals surface area contributed by atoms with Crippen molar-refractivity contribution in [2.75, 3.05) is 5.32 Å². The Bertz CT molecular complexity index is 701. The van der Waals surface area contributed by atoms with E-state index in [1.807, 2.05) is 0 Å². The standard InChI is InChI=1S/C10H6Br2N4O4/c11-7-8(14-15-9(7)12)10(18)13-5-2-1-4(16(19)20)3-6(5)17/h1-3,17H,(H,13,18)(H,14,15). The number of nitrogens with one attached hydrogen (secondary N) is 2. The molecule has 0 fully saturated rings. The molecular weight excluding hydrogens is 400 g/mol. The van der Waals surface area contributed by atoms with E-state index in [0.29, 0.717) is 9.08 Å². The van der Waals surface area contributed by atoms with Crippen LogP contribution in [0.15, 0.2) is 27.3 Å². The Morgan fingerprint density at radius 3 is 2.65 bits per heavy atom. The zero-order chi connectivity index (χ0) is 14.9. The number of hydrogen-bond acceptors (Lipinski definition) is 5. The van der Waals surface area contributed by atoms with Crippen LogP contribution in [0.25, 0.3) is 0 Å². The lowest BCUT2D eigenvalue weighted by molar-refractivity contribution is -0.384. The molecule has 2 rings (SSSR count). The Morgan fingerprint density at radius 1 is 1.45 bits per heavy atom. The average Bonchev–Trinajstić information content (AvgIpc) is 2.72. The minimum atomic E-state index is -0.646. The number of anilines is 1. The van der Waals surface area contributed by atoms with Crippen LogP contribution in [0.2, 0.25) is 0 Å². The van der Waals surface area contributed by atoms with Gasteiger partial charge in [-0.05, 0) is 37.9 Å². The number of aromatic amines is 1. The van der Waals surface area contributed by atoms with E-state index in [-0.39, 0.29) is 17.1 Å². The number of benzene rings is 1. The Balaban J connectivity index is 2.24. The summed E-state index contributed by atoms with van der Waals surface area (Å²) in [4.78, 5) is 21.8. The number of non-ortho nitro benzene ring substituents is 1. The van der Waals surface area contributed by atoms with Crippen molar-refractivity contribution in [2.24, 2.45) is 0 Å². The van der Waals surface area contributed by atoms with Crippen LogP contribution < -0.4 is 5.32 Å². The number of nitro groups is 1. The van der Waals surface area contributed by atoms with Gasteiger partial charge in [0.1, 0.15) is 10.4 Å². The minimum Gasteiger partial charge on any atom is -0.506 e. The van der Waals surface area contributed by atoms with E-state index in [0.717, 1.165) is 6.07 Å². The average molecular weight is 406 g/mol. The first-order valence-electron chi connectivity index (χ1n) is 5.08. The zero-order valence-corrected chi connectivity index (χ0v) is 12.7. The molecule has 0 saturated carbocycles. The summed E-state index contributed by atoms with van der Waals surface area (Å²) in [6, 6.07) is 3.36. The van der Waals surface area contributed by atoms with E-state index in [9.17, 15) is 20.0 Å². The maximum atomic E-state index is 11.9. The quantitative estimate of drug-likeness (QED) is 0.411. The van der Waals surface area contributed by atoms with Crippen molar-refractivity contribution in [3.8, 4) is 5.75 Å². The summed E-state index contributed by atoms with van der Waals surface area (Å²) in [5.74, 6) is -0.985. The number of amides is 1. The summed E-state index contributed by atoms with van der Waals surface area (Å²) < 4.78 is 0.923. The number of aromatic hydroxyl groups is 1. The summed E-state index contributed by atoms with van der Waals surface area (Å²) in [7, 11) is 0. The molecule has 104 valence electrons. The highest BCUT2D eigenvalue weighted by Crippen LogP contribution is 2.29. The monoisotopic (exact) mass is 404 g/mol. The van der Waals surface area contributed by atoms with E-state index in [1.54, 1.807) is 0 Å². The van der Waals surface area contributed by atoms with Gasteiger partial charge in [0.05, 0.1) is 21.1 Å². The second kappa shape index (κ2) is 5.59. The van der Waals surface area contributed by atoms with Crippen molar-refractivity contribution in [2.45, 2.75) is 0 Å². The number of carbonyl (C=O) groups excluding carboxylic acids is 1. The molecule has 20 heavy (non-hydrogen) atoms. The molecule has 0 aliphatic rings. The highest BCUT2D eigenvalue weighted by Gasteiger charge is 2.18. The van der Waals surface area contributed by atoms with E-state index in [1.165, 1.54) is 12.1 Å². The summed E-state index contributed by atoms with van der Waals surface area (Å²) in [5, 5.41) is 28.9. The first-order valence-corrected chi connectivity index (χ1v) is 6.67.